The molecule has 2 N–H and O–H groups in total. The fraction of sp³-hybridized carbons (Fsp3) is 0.353. The third-order valence-corrected chi connectivity index (χ3v) is 3.66. The van der Waals surface area contributed by atoms with Gasteiger partial charge in [-0.1, -0.05) is 0 Å². The Labute approximate surface area is 145 Å². The standard InChI is InChI=1S/C17H20N2O6/c1-19-10-13(14(20)16(19)22)15(21)18-8-3-9-25-12-6-4-11(5-7-12)17(23)24-2/h4-7,20H,3,8-10H2,1-2H3,(H,18,21). The first-order chi connectivity index (χ1) is 11.9. The molecule has 0 fully saturated rings. The summed E-state index contributed by atoms with van der Waals surface area (Å²) in [6, 6.07) is 6.53. The lowest BCUT2D eigenvalue weighted by Gasteiger charge is -2.09. The van der Waals surface area contributed by atoms with Crippen LogP contribution in [-0.2, 0) is 14.3 Å². The number of rotatable bonds is 7. The molecular weight excluding hydrogens is 328 g/mol. The highest BCUT2D eigenvalue weighted by Crippen LogP contribution is 2.15. The van der Waals surface area contributed by atoms with Crippen LogP contribution in [0.25, 0.3) is 0 Å². The average molecular weight is 348 g/mol. The minimum atomic E-state index is -0.552. The molecule has 0 radical (unpaired) electrons. The zero-order valence-electron chi connectivity index (χ0n) is 14.1. The van der Waals surface area contributed by atoms with Gasteiger partial charge >= 0.3 is 5.97 Å². The maximum Gasteiger partial charge on any atom is 0.337 e. The maximum absolute atomic E-state index is 11.9. The van der Waals surface area contributed by atoms with Gasteiger partial charge in [-0.05, 0) is 30.7 Å². The van der Waals surface area contributed by atoms with E-state index in [0.717, 1.165) is 0 Å². The highest BCUT2D eigenvalue weighted by Gasteiger charge is 2.31. The first-order valence-corrected chi connectivity index (χ1v) is 7.71. The highest BCUT2D eigenvalue weighted by atomic mass is 16.5. The molecule has 0 aromatic heterocycles. The van der Waals surface area contributed by atoms with E-state index in [9.17, 15) is 19.5 Å². The van der Waals surface area contributed by atoms with Gasteiger partial charge in [0, 0.05) is 13.6 Å². The normalized spacial score (nSPS) is 13.8. The van der Waals surface area contributed by atoms with Crippen molar-refractivity contribution in [2.45, 2.75) is 6.42 Å². The molecule has 0 atom stereocenters. The SMILES string of the molecule is COC(=O)c1ccc(OCCCNC(=O)C2=C(O)C(=O)N(C)C2)cc1. The number of aliphatic hydroxyl groups excluding tert-OH is 1. The molecule has 2 amide bonds. The number of nitrogens with one attached hydrogen (secondary N) is 1. The number of methoxy groups -OCH3 is 1. The van der Waals surface area contributed by atoms with Crippen molar-refractivity contribution >= 4 is 17.8 Å². The van der Waals surface area contributed by atoms with Crippen LogP contribution in [0.4, 0.5) is 0 Å². The summed E-state index contributed by atoms with van der Waals surface area (Å²) in [5.74, 6) is -1.33. The predicted octanol–water partition coefficient (Wildman–Crippen LogP) is 0.642. The quantitative estimate of drug-likeness (QED) is 0.553. The second kappa shape index (κ2) is 8.18. The molecule has 1 aromatic rings. The first-order valence-electron chi connectivity index (χ1n) is 7.71. The summed E-state index contributed by atoms with van der Waals surface area (Å²) in [5.41, 5.74) is 0.512. The van der Waals surface area contributed by atoms with Crippen LogP contribution < -0.4 is 10.1 Å². The van der Waals surface area contributed by atoms with Gasteiger partial charge < -0.3 is 24.8 Å². The molecular formula is C17H20N2O6. The summed E-state index contributed by atoms with van der Waals surface area (Å²) in [6.45, 7) is 0.801. The number of hydrogen-bond donors (Lipinski definition) is 2. The molecule has 1 aliphatic rings. The highest BCUT2D eigenvalue weighted by molar-refractivity contribution is 6.06. The van der Waals surface area contributed by atoms with Crippen molar-refractivity contribution in [1.82, 2.24) is 10.2 Å². The molecule has 0 bridgehead atoms. The third-order valence-electron chi connectivity index (χ3n) is 3.66. The van der Waals surface area contributed by atoms with Crippen LogP contribution in [0.1, 0.15) is 16.8 Å². The van der Waals surface area contributed by atoms with Crippen LogP contribution in [0.2, 0.25) is 0 Å². The van der Waals surface area contributed by atoms with Crippen LogP contribution in [0, 0.1) is 0 Å². The van der Waals surface area contributed by atoms with Crippen molar-refractivity contribution < 1.29 is 29.0 Å². The average Bonchev–Trinajstić information content (AvgIpc) is 2.88. The van der Waals surface area contributed by atoms with Crippen LogP contribution in [0.15, 0.2) is 35.6 Å². The van der Waals surface area contributed by atoms with Crippen LogP contribution >= 0.6 is 0 Å². The number of benzene rings is 1. The molecule has 1 heterocycles. The number of hydrogen-bond acceptors (Lipinski definition) is 6. The summed E-state index contributed by atoms with van der Waals surface area (Å²) < 4.78 is 10.1. The van der Waals surface area contributed by atoms with E-state index in [4.69, 9.17) is 4.74 Å². The number of amides is 2. The molecule has 134 valence electrons. The lowest BCUT2D eigenvalue weighted by molar-refractivity contribution is -0.126. The van der Waals surface area contributed by atoms with Crippen molar-refractivity contribution in [3.63, 3.8) is 0 Å². The number of carbonyl (C=O) groups excluding carboxylic acids is 3. The molecule has 0 unspecified atom stereocenters. The van der Waals surface area contributed by atoms with Gasteiger partial charge in [0.25, 0.3) is 11.8 Å². The summed E-state index contributed by atoms with van der Waals surface area (Å²) in [4.78, 5) is 35.9. The van der Waals surface area contributed by atoms with Gasteiger partial charge in [0.1, 0.15) is 5.75 Å². The zero-order chi connectivity index (χ0) is 18.4. The molecule has 8 nitrogen and oxygen atoms in total. The van der Waals surface area contributed by atoms with Crippen molar-refractivity contribution in [3.8, 4) is 5.75 Å². The van der Waals surface area contributed by atoms with Crippen LogP contribution in [-0.4, -0.2) is 61.6 Å². The van der Waals surface area contributed by atoms with Crippen molar-refractivity contribution in [1.29, 1.82) is 0 Å². The molecule has 0 saturated carbocycles. The Hall–Kier alpha value is -3.03. The molecule has 1 aromatic carbocycles. The van der Waals surface area contributed by atoms with E-state index >= 15 is 0 Å². The molecule has 2 rings (SSSR count). The van der Waals surface area contributed by atoms with Gasteiger partial charge in [0.15, 0.2) is 5.76 Å². The summed E-state index contributed by atoms with van der Waals surface area (Å²) in [6.07, 6.45) is 0.544. The van der Waals surface area contributed by atoms with E-state index in [0.29, 0.717) is 30.9 Å². The van der Waals surface area contributed by atoms with E-state index in [1.807, 2.05) is 0 Å². The number of likely N-dealkylation sites (N-methyl/N-ethyl adjacent to an activating group) is 1. The number of esters is 1. The summed E-state index contributed by atoms with van der Waals surface area (Å²) in [5, 5.41) is 12.2. The van der Waals surface area contributed by atoms with Gasteiger partial charge in [0.05, 0.1) is 31.4 Å². The smallest absolute Gasteiger partial charge is 0.337 e. The van der Waals surface area contributed by atoms with Gasteiger partial charge in [-0.25, -0.2) is 4.79 Å². The Morgan fingerprint density at radius 2 is 1.96 bits per heavy atom. The van der Waals surface area contributed by atoms with E-state index in [1.54, 1.807) is 24.3 Å². The Morgan fingerprint density at radius 3 is 2.52 bits per heavy atom. The Bertz CT molecular complexity index is 696. The minimum Gasteiger partial charge on any atom is -0.503 e. The summed E-state index contributed by atoms with van der Waals surface area (Å²) >= 11 is 0. The molecule has 1 aliphatic heterocycles. The lowest BCUT2D eigenvalue weighted by atomic mass is 10.2. The molecule has 8 heteroatoms. The van der Waals surface area contributed by atoms with E-state index in [-0.39, 0.29) is 12.1 Å². The van der Waals surface area contributed by atoms with Gasteiger partial charge in [0.2, 0.25) is 0 Å². The van der Waals surface area contributed by atoms with Crippen LogP contribution in [0.3, 0.4) is 0 Å². The second-order valence-electron chi connectivity index (χ2n) is 5.46. The maximum atomic E-state index is 11.9. The van der Waals surface area contributed by atoms with Crippen molar-refractivity contribution in [3.05, 3.63) is 41.2 Å². The number of carbonyl (C=O) groups is 3. The first kappa shape index (κ1) is 18.3. The number of nitrogens with zero attached hydrogens (tertiary/aromatic N) is 1. The minimum absolute atomic E-state index is 0.0758. The Morgan fingerprint density at radius 1 is 1.28 bits per heavy atom. The summed E-state index contributed by atoms with van der Waals surface area (Å²) in [7, 11) is 2.83. The molecule has 0 spiro atoms. The van der Waals surface area contributed by atoms with Crippen molar-refractivity contribution in [2.24, 2.45) is 0 Å². The van der Waals surface area contributed by atoms with E-state index in [1.165, 1.54) is 19.1 Å². The van der Waals surface area contributed by atoms with Gasteiger partial charge in [-0.3, -0.25) is 9.59 Å². The predicted molar refractivity (Wildman–Crippen MR) is 88.2 cm³/mol. The number of ether oxygens (including phenoxy) is 2. The van der Waals surface area contributed by atoms with Crippen molar-refractivity contribution in [2.75, 3.05) is 33.9 Å². The van der Waals surface area contributed by atoms with Gasteiger partial charge in [-0.2, -0.15) is 0 Å². The van der Waals surface area contributed by atoms with E-state index < -0.39 is 23.5 Å². The largest absolute Gasteiger partial charge is 0.503 e. The molecule has 25 heavy (non-hydrogen) atoms. The molecule has 0 saturated heterocycles. The third kappa shape index (κ3) is 4.50. The fourth-order valence-electron chi connectivity index (χ4n) is 2.25. The van der Waals surface area contributed by atoms with E-state index in [2.05, 4.69) is 10.1 Å². The lowest BCUT2D eigenvalue weighted by Crippen LogP contribution is -2.29. The fourth-order valence-corrected chi connectivity index (χ4v) is 2.25. The zero-order valence-corrected chi connectivity index (χ0v) is 14.1. The monoisotopic (exact) mass is 348 g/mol. The Balaban J connectivity index is 1.71. The molecule has 0 aliphatic carbocycles. The van der Waals surface area contributed by atoms with Gasteiger partial charge in [-0.15, -0.1) is 0 Å². The topological polar surface area (TPSA) is 105 Å². The number of aliphatic hydroxyl groups is 1. The van der Waals surface area contributed by atoms with Crippen LogP contribution in [0.5, 0.6) is 5.75 Å². The second-order valence-corrected chi connectivity index (χ2v) is 5.46. The Kier molecular flexibility index (Phi) is 5.99.